The first-order valence-corrected chi connectivity index (χ1v) is 7.59. The number of benzene rings is 1. The van der Waals surface area contributed by atoms with E-state index >= 15 is 0 Å². The highest BCUT2D eigenvalue weighted by Gasteiger charge is 2.29. The molecule has 1 saturated heterocycles. The summed E-state index contributed by atoms with van der Waals surface area (Å²) in [6, 6.07) is 7.09. The lowest BCUT2D eigenvalue weighted by Gasteiger charge is -2.13. The Bertz CT molecular complexity index is 616. The molecule has 1 fully saturated rings. The normalized spacial score (nSPS) is 14.1. The Morgan fingerprint density at radius 3 is 2.59 bits per heavy atom. The highest BCUT2D eigenvalue weighted by atomic mass is 32.2. The largest absolute Gasteiger partial charge is 0.346 e. The molecule has 116 valence electrons. The Morgan fingerprint density at radius 2 is 1.95 bits per heavy atom. The minimum atomic E-state index is -0.810. The molecule has 8 heteroatoms. The maximum absolute atomic E-state index is 11.7. The fourth-order valence-corrected chi connectivity index (χ4v) is 2.60. The molecule has 0 saturated carbocycles. The van der Waals surface area contributed by atoms with Crippen LogP contribution in [0.1, 0.15) is 5.56 Å². The molecule has 0 aliphatic carbocycles. The number of imide groups is 1. The van der Waals surface area contributed by atoms with Gasteiger partial charge in [0.25, 0.3) is 5.24 Å². The molecule has 1 aliphatic rings. The number of hydrogen-bond donors (Lipinski definition) is 2. The standard InChI is InChI=1S/C14H15N3O4S/c1-9-4-2-3-5-10(9)16-13(20)12(19)15-6-7-17-11(18)8-22-14(17)21/h2-5H,6-8H2,1H3,(H,15,19)(H,16,20). The van der Waals surface area contributed by atoms with E-state index in [2.05, 4.69) is 10.6 Å². The third kappa shape index (κ3) is 3.85. The number of amides is 4. The van der Waals surface area contributed by atoms with Crippen LogP contribution in [0.2, 0.25) is 0 Å². The molecule has 0 bridgehead atoms. The smallest absolute Gasteiger partial charge is 0.313 e. The zero-order valence-corrected chi connectivity index (χ0v) is 12.7. The molecule has 2 N–H and O–H groups in total. The van der Waals surface area contributed by atoms with Gasteiger partial charge in [0, 0.05) is 18.8 Å². The van der Waals surface area contributed by atoms with Crippen molar-refractivity contribution in [2.75, 3.05) is 24.2 Å². The van der Waals surface area contributed by atoms with Crippen molar-refractivity contribution in [2.24, 2.45) is 0 Å². The van der Waals surface area contributed by atoms with Crippen LogP contribution in [0.15, 0.2) is 24.3 Å². The zero-order chi connectivity index (χ0) is 16.1. The van der Waals surface area contributed by atoms with E-state index in [1.54, 1.807) is 12.1 Å². The summed E-state index contributed by atoms with van der Waals surface area (Å²) >= 11 is 0.927. The predicted octanol–water partition coefficient (Wildman–Crippen LogP) is 0.745. The highest BCUT2D eigenvalue weighted by Crippen LogP contribution is 2.17. The van der Waals surface area contributed by atoms with Crippen LogP contribution in [0, 0.1) is 6.92 Å². The number of nitrogens with one attached hydrogen (secondary N) is 2. The van der Waals surface area contributed by atoms with E-state index in [1.807, 2.05) is 19.1 Å². The van der Waals surface area contributed by atoms with Crippen LogP contribution in [0.5, 0.6) is 0 Å². The van der Waals surface area contributed by atoms with E-state index in [4.69, 9.17) is 0 Å². The fourth-order valence-electron chi connectivity index (χ4n) is 1.85. The summed E-state index contributed by atoms with van der Waals surface area (Å²) in [5, 5.41) is 4.56. The van der Waals surface area contributed by atoms with E-state index in [1.165, 1.54) is 0 Å². The average Bonchev–Trinajstić information content (AvgIpc) is 2.81. The van der Waals surface area contributed by atoms with E-state index < -0.39 is 11.8 Å². The molecule has 7 nitrogen and oxygen atoms in total. The molecule has 0 spiro atoms. The van der Waals surface area contributed by atoms with Crippen LogP contribution in [0.4, 0.5) is 10.5 Å². The molecule has 1 aromatic carbocycles. The second-order valence-corrected chi connectivity index (χ2v) is 5.55. The molecule has 1 aromatic rings. The number of carbonyl (C=O) groups is 4. The third-order valence-corrected chi connectivity index (χ3v) is 3.92. The van der Waals surface area contributed by atoms with Crippen molar-refractivity contribution in [3.63, 3.8) is 0 Å². The lowest BCUT2D eigenvalue weighted by atomic mass is 10.2. The minimum absolute atomic E-state index is 0.0397. The molecule has 1 heterocycles. The first-order chi connectivity index (χ1) is 10.5. The minimum Gasteiger partial charge on any atom is -0.346 e. The third-order valence-electron chi connectivity index (χ3n) is 3.06. The number of hydrogen-bond acceptors (Lipinski definition) is 5. The van der Waals surface area contributed by atoms with Gasteiger partial charge in [-0.1, -0.05) is 30.0 Å². The number of aryl methyl sites for hydroxylation is 1. The molecule has 0 radical (unpaired) electrons. The molecule has 22 heavy (non-hydrogen) atoms. The van der Waals surface area contributed by atoms with E-state index in [0.29, 0.717) is 5.69 Å². The van der Waals surface area contributed by atoms with Gasteiger partial charge in [-0.2, -0.15) is 0 Å². The predicted molar refractivity (Wildman–Crippen MR) is 82.4 cm³/mol. The summed E-state index contributed by atoms with van der Waals surface area (Å²) in [5.74, 6) is -1.76. The lowest BCUT2D eigenvalue weighted by molar-refractivity contribution is -0.136. The molecule has 4 amide bonds. The fraction of sp³-hybridized carbons (Fsp3) is 0.286. The zero-order valence-electron chi connectivity index (χ0n) is 11.9. The topological polar surface area (TPSA) is 95.6 Å². The van der Waals surface area contributed by atoms with Gasteiger partial charge in [-0.25, -0.2) is 0 Å². The van der Waals surface area contributed by atoms with Crippen molar-refractivity contribution < 1.29 is 19.2 Å². The molecule has 0 unspecified atom stereocenters. The van der Waals surface area contributed by atoms with E-state index in [-0.39, 0.29) is 30.0 Å². The molecule has 0 atom stereocenters. The molecule has 2 rings (SSSR count). The van der Waals surface area contributed by atoms with Crippen molar-refractivity contribution in [1.29, 1.82) is 0 Å². The van der Waals surface area contributed by atoms with Gasteiger partial charge in [0.05, 0.1) is 5.75 Å². The van der Waals surface area contributed by atoms with Crippen LogP contribution in [0.3, 0.4) is 0 Å². The van der Waals surface area contributed by atoms with Gasteiger partial charge in [-0.05, 0) is 18.6 Å². The quantitative estimate of drug-likeness (QED) is 0.798. The Balaban J connectivity index is 1.80. The highest BCUT2D eigenvalue weighted by molar-refractivity contribution is 8.14. The van der Waals surface area contributed by atoms with Crippen molar-refractivity contribution in [3.05, 3.63) is 29.8 Å². The Morgan fingerprint density at radius 1 is 1.23 bits per heavy atom. The number of thioether (sulfide) groups is 1. The van der Waals surface area contributed by atoms with Crippen molar-refractivity contribution in [2.45, 2.75) is 6.92 Å². The van der Waals surface area contributed by atoms with E-state index in [0.717, 1.165) is 22.2 Å². The van der Waals surface area contributed by atoms with Gasteiger partial charge in [0.1, 0.15) is 0 Å². The number of carbonyl (C=O) groups excluding carboxylic acids is 4. The first kappa shape index (κ1) is 16.0. The summed E-state index contributed by atoms with van der Waals surface area (Å²) in [7, 11) is 0. The van der Waals surface area contributed by atoms with Gasteiger partial charge in [0.2, 0.25) is 5.91 Å². The molecular weight excluding hydrogens is 306 g/mol. The summed E-state index contributed by atoms with van der Waals surface area (Å²) in [4.78, 5) is 47.2. The molecule has 1 aliphatic heterocycles. The van der Waals surface area contributed by atoms with Crippen LogP contribution in [-0.2, 0) is 14.4 Å². The Kier molecular flexibility index (Phi) is 5.16. The number of para-hydroxylation sites is 1. The van der Waals surface area contributed by atoms with Crippen molar-refractivity contribution >= 4 is 40.4 Å². The summed E-state index contributed by atoms with van der Waals surface area (Å²) in [5.41, 5.74) is 1.40. The van der Waals surface area contributed by atoms with Crippen LogP contribution in [0.25, 0.3) is 0 Å². The molecule has 0 aromatic heterocycles. The first-order valence-electron chi connectivity index (χ1n) is 6.61. The summed E-state index contributed by atoms with van der Waals surface area (Å²) < 4.78 is 0. The van der Waals surface area contributed by atoms with Gasteiger partial charge in [0.15, 0.2) is 0 Å². The monoisotopic (exact) mass is 321 g/mol. The molecular formula is C14H15N3O4S. The Labute approximate surface area is 131 Å². The van der Waals surface area contributed by atoms with Gasteiger partial charge < -0.3 is 10.6 Å². The lowest BCUT2D eigenvalue weighted by Crippen LogP contribution is -2.41. The van der Waals surface area contributed by atoms with Crippen LogP contribution < -0.4 is 10.6 Å². The van der Waals surface area contributed by atoms with Crippen LogP contribution in [-0.4, -0.2) is 46.7 Å². The van der Waals surface area contributed by atoms with Crippen LogP contribution >= 0.6 is 11.8 Å². The van der Waals surface area contributed by atoms with Gasteiger partial charge in [-0.3, -0.25) is 24.1 Å². The van der Waals surface area contributed by atoms with Crippen molar-refractivity contribution in [1.82, 2.24) is 10.2 Å². The van der Waals surface area contributed by atoms with Crippen molar-refractivity contribution in [3.8, 4) is 0 Å². The SMILES string of the molecule is Cc1ccccc1NC(=O)C(=O)NCCN1C(=O)CSC1=O. The maximum atomic E-state index is 11.7. The average molecular weight is 321 g/mol. The van der Waals surface area contributed by atoms with Gasteiger partial charge in [-0.15, -0.1) is 0 Å². The number of anilines is 1. The number of rotatable bonds is 4. The maximum Gasteiger partial charge on any atom is 0.313 e. The van der Waals surface area contributed by atoms with E-state index in [9.17, 15) is 19.2 Å². The van der Waals surface area contributed by atoms with Gasteiger partial charge >= 0.3 is 11.8 Å². The Hall–Kier alpha value is -2.35. The number of nitrogens with zero attached hydrogens (tertiary/aromatic N) is 1. The summed E-state index contributed by atoms with van der Waals surface area (Å²) in [6.45, 7) is 1.92. The summed E-state index contributed by atoms with van der Waals surface area (Å²) in [6.07, 6.45) is 0. The second kappa shape index (κ2) is 7.08. The second-order valence-electron chi connectivity index (χ2n) is 4.62.